The number of aliphatic hydroxyl groups excluding tert-OH is 1. The lowest BCUT2D eigenvalue weighted by Gasteiger charge is -2.59. The summed E-state index contributed by atoms with van der Waals surface area (Å²) < 4.78 is 15.2. The molecule has 0 saturated heterocycles. The first-order valence-corrected chi connectivity index (χ1v) is 13.5. The van der Waals surface area contributed by atoms with Gasteiger partial charge in [0.2, 0.25) is 5.95 Å². The van der Waals surface area contributed by atoms with E-state index in [2.05, 4.69) is 30.0 Å². The average molecular weight is 481 g/mol. The van der Waals surface area contributed by atoms with Crippen molar-refractivity contribution in [1.29, 1.82) is 0 Å². The predicted octanol–water partition coefficient (Wildman–Crippen LogP) is 5.02. The Morgan fingerprint density at radius 1 is 1.21 bits per heavy atom. The molecule has 0 spiro atoms. The van der Waals surface area contributed by atoms with Crippen LogP contribution in [0, 0.1) is 40.4 Å². The Morgan fingerprint density at radius 3 is 2.76 bits per heavy atom. The zero-order chi connectivity index (χ0) is 23.8. The lowest BCUT2D eigenvalue weighted by atomic mass is 9.46. The number of carbonyl (C=O) groups is 1. The van der Waals surface area contributed by atoms with Gasteiger partial charge in [-0.25, -0.2) is 9.67 Å². The fourth-order valence-electron chi connectivity index (χ4n) is 8.15. The molecule has 179 valence electrons. The Bertz CT molecular complexity index is 1180. The summed E-state index contributed by atoms with van der Waals surface area (Å²) in [6.45, 7) is 4.56. The quantitative estimate of drug-likeness (QED) is 0.611. The lowest BCUT2D eigenvalue weighted by molar-refractivity contribution is -0.121. The van der Waals surface area contributed by atoms with Gasteiger partial charge in [-0.15, -0.1) is 0 Å². The SMILES string of the molecule is CSC(=O)[C]1CC[C@H]2[C@@H]3CCC4=Cc5c(cnn5-c5ccc(F)nc5)CC4(C)[C@H]3[C@@H](O)C[C@@]12C. The maximum atomic E-state index is 13.3. The topological polar surface area (TPSA) is 68.0 Å². The van der Waals surface area contributed by atoms with Crippen LogP contribution in [0.5, 0.6) is 0 Å². The number of nitrogens with zero attached hydrogens (tertiary/aromatic N) is 3. The number of rotatable bonds is 2. The van der Waals surface area contributed by atoms with Crippen molar-refractivity contribution in [3.05, 3.63) is 53.2 Å². The molecule has 2 aromatic heterocycles. The van der Waals surface area contributed by atoms with Gasteiger partial charge in [-0.05, 0) is 97.1 Å². The van der Waals surface area contributed by atoms with Gasteiger partial charge in [-0.3, -0.25) is 4.79 Å². The van der Waals surface area contributed by atoms with Gasteiger partial charge in [-0.2, -0.15) is 9.49 Å². The van der Waals surface area contributed by atoms with Crippen LogP contribution in [0.15, 0.2) is 30.1 Å². The van der Waals surface area contributed by atoms with E-state index in [1.807, 2.05) is 17.1 Å². The summed E-state index contributed by atoms with van der Waals surface area (Å²) in [5, 5.41) is 16.5. The van der Waals surface area contributed by atoms with Crippen molar-refractivity contribution >= 4 is 23.0 Å². The van der Waals surface area contributed by atoms with Crippen LogP contribution in [0.3, 0.4) is 0 Å². The minimum absolute atomic E-state index is 0.127. The van der Waals surface area contributed by atoms with E-state index < -0.39 is 12.1 Å². The summed E-state index contributed by atoms with van der Waals surface area (Å²) in [7, 11) is 0. The molecular weight excluding hydrogens is 449 g/mol. The number of halogens is 1. The van der Waals surface area contributed by atoms with Crippen LogP contribution in [0.4, 0.5) is 4.39 Å². The number of allylic oxidation sites excluding steroid dienone is 1. The molecule has 34 heavy (non-hydrogen) atoms. The van der Waals surface area contributed by atoms with Crippen molar-refractivity contribution in [2.24, 2.45) is 28.6 Å². The molecule has 0 amide bonds. The van der Waals surface area contributed by atoms with E-state index in [0.29, 0.717) is 18.3 Å². The highest BCUT2D eigenvalue weighted by atomic mass is 32.2. The van der Waals surface area contributed by atoms with Crippen LogP contribution in [0.2, 0.25) is 0 Å². The number of pyridine rings is 1. The lowest BCUT2D eigenvalue weighted by Crippen LogP contribution is -2.57. The van der Waals surface area contributed by atoms with Crippen molar-refractivity contribution in [2.45, 2.75) is 58.5 Å². The van der Waals surface area contributed by atoms with Crippen molar-refractivity contribution in [2.75, 3.05) is 6.26 Å². The summed E-state index contributed by atoms with van der Waals surface area (Å²) in [5.74, 6) is 1.60. The molecule has 3 fully saturated rings. The first-order valence-electron chi connectivity index (χ1n) is 12.3. The third kappa shape index (κ3) is 3.05. The second kappa shape index (κ2) is 7.76. The summed E-state index contributed by atoms with van der Waals surface area (Å²) >= 11 is 1.32. The minimum Gasteiger partial charge on any atom is -0.393 e. The van der Waals surface area contributed by atoms with Gasteiger partial charge in [0, 0.05) is 0 Å². The van der Waals surface area contributed by atoms with Crippen molar-refractivity contribution < 1.29 is 14.3 Å². The van der Waals surface area contributed by atoms with Crippen LogP contribution in [0.25, 0.3) is 11.8 Å². The Labute approximate surface area is 204 Å². The second-order valence-corrected chi connectivity index (χ2v) is 11.9. The third-order valence-corrected chi connectivity index (χ3v) is 10.2. The normalized spacial score (nSPS) is 36.8. The first-order chi connectivity index (χ1) is 16.3. The van der Waals surface area contributed by atoms with E-state index in [-0.39, 0.29) is 21.9 Å². The number of thioether (sulfide) groups is 1. The van der Waals surface area contributed by atoms with E-state index in [1.165, 1.54) is 29.6 Å². The van der Waals surface area contributed by atoms with E-state index >= 15 is 0 Å². The number of hydrogen-bond donors (Lipinski definition) is 1. The van der Waals surface area contributed by atoms with Crippen LogP contribution in [-0.2, 0) is 11.2 Å². The predicted molar refractivity (Wildman–Crippen MR) is 131 cm³/mol. The molecule has 3 saturated carbocycles. The fourth-order valence-corrected chi connectivity index (χ4v) is 8.74. The highest BCUT2D eigenvalue weighted by Crippen LogP contribution is 2.67. The van der Waals surface area contributed by atoms with Gasteiger partial charge in [0.05, 0.1) is 35.8 Å². The zero-order valence-electron chi connectivity index (χ0n) is 19.9. The molecule has 1 N–H and O–H groups in total. The van der Waals surface area contributed by atoms with Crippen LogP contribution < -0.4 is 0 Å². The summed E-state index contributed by atoms with van der Waals surface area (Å²) in [6.07, 6.45) is 12.6. The molecule has 2 heterocycles. The van der Waals surface area contributed by atoms with Crippen LogP contribution in [-0.4, -0.2) is 37.3 Å². The molecule has 0 bridgehead atoms. The second-order valence-electron chi connectivity index (χ2n) is 11.1. The summed E-state index contributed by atoms with van der Waals surface area (Å²) in [6, 6.07) is 3.06. The van der Waals surface area contributed by atoms with Gasteiger partial charge in [-0.1, -0.05) is 31.2 Å². The Morgan fingerprint density at radius 2 is 2.03 bits per heavy atom. The number of fused-ring (bicyclic) bond motifs is 6. The monoisotopic (exact) mass is 480 g/mol. The molecule has 0 aliphatic heterocycles. The number of carbonyl (C=O) groups excluding carboxylic acids is 1. The maximum Gasteiger partial charge on any atom is 0.212 e. The van der Waals surface area contributed by atoms with Crippen LogP contribution >= 0.6 is 11.8 Å². The van der Waals surface area contributed by atoms with Crippen molar-refractivity contribution in [3.63, 3.8) is 0 Å². The highest BCUT2D eigenvalue weighted by molar-refractivity contribution is 8.13. The number of aromatic nitrogens is 3. The molecule has 0 aromatic carbocycles. The van der Waals surface area contributed by atoms with E-state index in [1.54, 1.807) is 6.07 Å². The maximum absolute atomic E-state index is 13.3. The van der Waals surface area contributed by atoms with E-state index in [0.717, 1.165) is 55.0 Å². The van der Waals surface area contributed by atoms with E-state index in [4.69, 9.17) is 0 Å². The average Bonchev–Trinajstić information content (AvgIpc) is 3.36. The zero-order valence-corrected chi connectivity index (χ0v) is 20.7. The fraction of sp³-hybridized carbons (Fsp3) is 0.556. The van der Waals surface area contributed by atoms with Crippen LogP contribution in [0.1, 0.15) is 57.2 Å². The Kier molecular flexibility index (Phi) is 5.13. The van der Waals surface area contributed by atoms with Gasteiger partial charge in [0.1, 0.15) is 0 Å². The van der Waals surface area contributed by atoms with Gasteiger partial charge < -0.3 is 5.11 Å². The molecule has 1 radical (unpaired) electrons. The first kappa shape index (κ1) is 22.5. The Hall–Kier alpha value is -1.99. The smallest absolute Gasteiger partial charge is 0.212 e. The molecule has 4 aliphatic rings. The molecule has 1 unspecified atom stereocenters. The summed E-state index contributed by atoms with van der Waals surface area (Å²) in [5.41, 5.74) is 4.02. The molecule has 2 aromatic rings. The highest BCUT2D eigenvalue weighted by Gasteiger charge is 2.63. The molecule has 5 nitrogen and oxygen atoms in total. The molecule has 6 rings (SSSR count). The standard InChI is InChI=1S/C27H31FN3O2S/c1-26-11-15-13-30-31(17-5-9-23(28)29-14-17)21(15)10-16(26)4-6-18-19-7-8-20(25(33)34-3)27(19,2)12-22(32)24(18)26/h5,9-10,13-14,18-19,22,24,32H,4,6-8,11-12H2,1-3H3/t18-,19-,22-,24+,26?,27+/m0/s1. The minimum atomic E-state index is -0.501. The Balaban J connectivity index is 1.35. The molecule has 7 heteroatoms. The molecular formula is C27H31FN3O2S. The van der Waals surface area contributed by atoms with E-state index in [9.17, 15) is 14.3 Å². The van der Waals surface area contributed by atoms with Crippen molar-refractivity contribution in [3.8, 4) is 5.69 Å². The largest absolute Gasteiger partial charge is 0.393 e. The summed E-state index contributed by atoms with van der Waals surface area (Å²) in [4.78, 5) is 16.5. The van der Waals surface area contributed by atoms with Gasteiger partial charge >= 0.3 is 0 Å². The van der Waals surface area contributed by atoms with Gasteiger partial charge in [0.15, 0.2) is 5.12 Å². The van der Waals surface area contributed by atoms with Crippen molar-refractivity contribution in [1.82, 2.24) is 14.8 Å². The third-order valence-electron chi connectivity index (χ3n) is 9.60. The van der Waals surface area contributed by atoms with Gasteiger partial charge in [0.25, 0.3) is 0 Å². The molecule has 6 atom stereocenters. The number of hydrogen-bond acceptors (Lipinski definition) is 5. The number of aliphatic hydroxyl groups is 1. The molecule has 4 aliphatic carbocycles.